The topological polar surface area (TPSA) is 82.0 Å². The highest BCUT2D eigenvalue weighted by atomic mass is 28.3. The van der Waals surface area contributed by atoms with Crippen molar-refractivity contribution < 1.29 is 19.0 Å². The van der Waals surface area contributed by atoms with Gasteiger partial charge in [0.2, 0.25) is 0 Å². The average Bonchev–Trinajstić information content (AvgIpc) is 3.43. The van der Waals surface area contributed by atoms with E-state index in [-0.39, 0.29) is 6.09 Å². The summed E-state index contributed by atoms with van der Waals surface area (Å²) >= 11 is 0. The fourth-order valence-electron chi connectivity index (χ4n) is 4.98. The molecule has 0 N–H and O–H groups in total. The summed E-state index contributed by atoms with van der Waals surface area (Å²) in [5, 5.41) is 5.47. The van der Waals surface area contributed by atoms with Crippen LogP contribution in [0.2, 0.25) is 25.7 Å². The van der Waals surface area contributed by atoms with Crippen LogP contribution in [0.3, 0.4) is 0 Å². The Morgan fingerprint density at radius 2 is 1.64 bits per heavy atom. The quantitative estimate of drug-likeness (QED) is 0.137. The maximum Gasteiger partial charge on any atom is 0.410 e. The molecule has 0 spiro atoms. The summed E-state index contributed by atoms with van der Waals surface area (Å²) in [6.07, 6.45) is 1.57. The minimum atomic E-state index is -1.12. The van der Waals surface area contributed by atoms with Crippen LogP contribution in [0.15, 0.2) is 66.9 Å². The Morgan fingerprint density at radius 3 is 2.34 bits per heavy atom. The molecule has 1 amide bonds. The molecule has 0 aliphatic carbocycles. The number of benzene rings is 2. The van der Waals surface area contributed by atoms with E-state index >= 15 is 0 Å². The predicted octanol–water partition coefficient (Wildman–Crippen LogP) is 7.26. The molecule has 2 aromatic carbocycles. The Bertz CT molecular complexity index is 1550. The first-order valence-electron chi connectivity index (χ1n) is 15.4. The van der Waals surface area contributed by atoms with Crippen molar-refractivity contribution in [2.45, 2.75) is 65.3 Å². The highest BCUT2D eigenvalue weighted by molar-refractivity contribution is 6.76. The minimum absolute atomic E-state index is 0.240. The van der Waals surface area contributed by atoms with Crippen LogP contribution < -0.4 is 4.74 Å². The third-order valence-electron chi connectivity index (χ3n) is 7.44. The Labute approximate surface area is 261 Å². The number of carbonyl (C=O) groups excluding carboxylic acids is 1. The zero-order valence-electron chi connectivity index (χ0n) is 26.9. The maximum atomic E-state index is 12.4. The van der Waals surface area contributed by atoms with Gasteiger partial charge >= 0.3 is 6.09 Å². The highest BCUT2D eigenvalue weighted by Gasteiger charge is 2.26. The molecular formula is C34H45N5O4Si. The fourth-order valence-corrected chi connectivity index (χ4v) is 5.74. The lowest BCUT2D eigenvalue weighted by molar-refractivity contribution is 0.0138. The number of piperazine rings is 1. The van der Waals surface area contributed by atoms with Crippen LogP contribution >= 0.6 is 0 Å². The van der Waals surface area contributed by atoms with Gasteiger partial charge in [-0.2, -0.15) is 5.10 Å². The number of carbonyl (C=O) groups is 1. The van der Waals surface area contributed by atoms with Crippen molar-refractivity contribution in [1.82, 2.24) is 24.6 Å². The molecule has 10 heteroatoms. The summed E-state index contributed by atoms with van der Waals surface area (Å²) in [6.45, 7) is 17.6. The van der Waals surface area contributed by atoms with Gasteiger partial charge in [0, 0.05) is 64.6 Å². The molecular weight excluding hydrogens is 570 g/mol. The van der Waals surface area contributed by atoms with Gasteiger partial charge in [-0.05, 0) is 81.4 Å². The minimum Gasteiger partial charge on any atom is -0.457 e. The molecule has 1 aliphatic heterocycles. The number of aromatic nitrogens is 3. The van der Waals surface area contributed by atoms with Crippen molar-refractivity contribution in [2.75, 3.05) is 32.8 Å². The van der Waals surface area contributed by atoms with E-state index < -0.39 is 13.7 Å². The van der Waals surface area contributed by atoms with Crippen molar-refractivity contribution in [3.8, 4) is 22.8 Å². The van der Waals surface area contributed by atoms with Gasteiger partial charge in [0.15, 0.2) is 0 Å². The van der Waals surface area contributed by atoms with E-state index in [1.54, 1.807) is 4.90 Å². The van der Waals surface area contributed by atoms with Crippen LogP contribution in [0.5, 0.6) is 11.5 Å². The maximum absolute atomic E-state index is 12.4. The molecule has 2 aromatic heterocycles. The van der Waals surface area contributed by atoms with Crippen molar-refractivity contribution >= 4 is 25.1 Å². The Kier molecular flexibility index (Phi) is 9.72. The largest absolute Gasteiger partial charge is 0.457 e. The van der Waals surface area contributed by atoms with Crippen LogP contribution in [-0.2, 0) is 22.7 Å². The summed E-state index contributed by atoms with van der Waals surface area (Å²) < 4.78 is 19.5. The first-order chi connectivity index (χ1) is 20.9. The lowest BCUT2D eigenvalue weighted by Gasteiger charge is -2.35. The van der Waals surface area contributed by atoms with E-state index in [9.17, 15) is 4.79 Å². The molecule has 0 bridgehead atoms. The van der Waals surface area contributed by atoms with Crippen molar-refractivity contribution in [3.63, 3.8) is 0 Å². The summed E-state index contributed by atoms with van der Waals surface area (Å²) in [5.74, 6) is 1.53. The average molecular weight is 616 g/mol. The fraction of sp³-hybridized carbons (Fsp3) is 0.441. The normalized spacial score (nSPS) is 14.6. The predicted molar refractivity (Wildman–Crippen MR) is 177 cm³/mol. The zero-order chi connectivity index (χ0) is 31.3. The number of hydrogen-bond acceptors (Lipinski definition) is 7. The molecule has 1 fully saturated rings. The monoisotopic (exact) mass is 615 g/mol. The van der Waals surface area contributed by atoms with Crippen LogP contribution in [0.25, 0.3) is 22.2 Å². The summed E-state index contributed by atoms with van der Waals surface area (Å²) in [5.41, 5.74) is 3.53. The van der Waals surface area contributed by atoms with Gasteiger partial charge in [-0.3, -0.25) is 9.88 Å². The van der Waals surface area contributed by atoms with Gasteiger partial charge in [0.25, 0.3) is 0 Å². The number of hydrogen-bond donors (Lipinski definition) is 0. The first kappa shape index (κ1) is 31.7. The molecule has 3 heterocycles. The molecule has 4 aromatic rings. The number of fused-ring (bicyclic) bond motifs is 1. The highest BCUT2D eigenvalue weighted by Crippen LogP contribution is 2.28. The van der Waals surface area contributed by atoms with Crippen LogP contribution in [0.4, 0.5) is 4.79 Å². The molecule has 0 atom stereocenters. The van der Waals surface area contributed by atoms with Gasteiger partial charge in [-0.25, -0.2) is 9.48 Å². The third kappa shape index (κ3) is 8.90. The Morgan fingerprint density at radius 1 is 0.909 bits per heavy atom. The number of rotatable bonds is 10. The second-order valence-electron chi connectivity index (χ2n) is 13.6. The van der Waals surface area contributed by atoms with Gasteiger partial charge in [-0.15, -0.1) is 0 Å². The van der Waals surface area contributed by atoms with E-state index in [2.05, 4.69) is 41.8 Å². The summed E-state index contributed by atoms with van der Waals surface area (Å²) in [4.78, 5) is 21.4. The zero-order valence-corrected chi connectivity index (χ0v) is 27.9. The van der Waals surface area contributed by atoms with E-state index in [1.807, 2.05) is 80.2 Å². The van der Waals surface area contributed by atoms with E-state index in [4.69, 9.17) is 19.2 Å². The summed E-state index contributed by atoms with van der Waals surface area (Å²) in [6, 6.07) is 21.3. The molecule has 5 rings (SSSR count). The molecule has 44 heavy (non-hydrogen) atoms. The van der Waals surface area contributed by atoms with Crippen molar-refractivity contribution in [3.05, 3.63) is 72.6 Å². The van der Waals surface area contributed by atoms with E-state index in [0.29, 0.717) is 19.8 Å². The van der Waals surface area contributed by atoms with Crippen LogP contribution in [0, 0.1) is 0 Å². The molecule has 0 radical (unpaired) electrons. The Balaban J connectivity index is 1.14. The number of ether oxygens (including phenoxy) is 3. The molecule has 1 aliphatic rings. The number of nitrogens with zero attached hydrogens (tertiary/aromatic N) is 5. The SMILES string of the molecule is CC(C)(C)OC(=O)N1CCN(Cc2ccc3cc(Oc4ccc(-c5ccnn5COCC[Si](C)(C)C)cc4)ccc3n2)CC1. The Hall–Kier alpha value is -3.73. The van der Waals surface area contributed by atoms with Crippen LogP contribution in [-0.4, -0.2) is 77.1 Å². The second kappa shape index (κ2) is 13.5. The third-order valence-corrected chi connectivity index (χ3v) is 9.14. The van der Waals surface area contributed by atoms with Gasteiger partial charge in [0.1, 0.15) is 23.8 Å². The molecule has 0 saturated carbocycles. The molecule has 0 unspecified atom stereocenters. The van der Waals surface area contributed by atoms with Gasteiger partial charge in [0.05, 0.1) is 16.9 Å². The van der Waals surface area contributed by atoms with Crippen LogP contribution in [0.1, 0.15) is 26.5 Å². The molecule has 9 nitrogen and oxygen atoms in total. The standard InChI is InChI=1S/C34H45N5O4Si/c1-34(2,3)43-33(40)38-19-17-37(18-20-38)24-28-10-7-27-23-30(13-14-31(27)36-28)42-29-11-8-26(9-12-29)32-15-16-35-39(32)25-41-21-22-44(4,5)6/h7-16,23H,17-22,24-25H2,1-6H3. The van der Waals surface area contributed by atoms with Crippen molar-refractivity contribution in [2.24, 2.45) is 0 Å². The molecule has 1 saturated heterocycles. The lowest BCUT2D eigenvalue weighted by atomic mass is 10.1. The van der Waals surface area contributed by atoms with E-state index in [1.165, 1.54) is 0 Å². The smallest absolute Gasteiger partial charge is 0.410 e. The lowest BCUT2D eigenvalue weighted by Crippen LogP contribution is -2.49. The van der Waals surface area contributed by atoms with E-state index in [0.717, 1.165) is 71.6 Å². The number of amides is 1. The first-order valence-corrected chi connectivity index (χ1v) is 19.1. The number of pyridine rings is 1. The van der Waals surface area contributed by atoms with Gasteiger partial charge < -0.3 is 19.1 Å². The second-order valence-corrected chi connectivity index (χ2v) is 19.2. The molecule has 234 valence electrons. The summed E-state index contributed by atoms with van der Waals surface area (Å²) in [7, 11) is -1.12. The van der Waals surface area contributed by atoms with Gasteiger partial charge in [-0.1, -0.05) is 25.7 Å². The van der Waals surface area contributed by atoms with Crippen molar-refractivity contribution in [1.29, 1.82) is 0 Å².